The van der Waals surface area contributed by atoms with Gasteiger partial charge in [-0.25, -0.2) is 4.39 Å². The van der Waals surface area contributed by atoms with Crippen LogP contribution in [0.1, 0.15) is 29.6 Å². The first-order chi connectivity index (χ1) is 10.1. The third-order valence-corrected chi connectivity index (χ3v) is 3.48. The van der Waals surface area contributed by atoms with Crippen LogP contribution in [0.2, 0.25) is 0 Å². The maximum atomic E-state index is 13.5. The van der Waals surface area contributed by atoms with Crippen LogP contribution in [0.4, 0.5) is 4.39 Å². The molecule has 0 aromatic heterocycles. The smallest absolute Gasteiger partial charge is 0.220 e. The lowest BCUT2D eigenvalue weighted by molar-refractivity contribution is -0.121. The predicted molar refractivity (Wildman–Crippen MR) is 83.2 cm³/mol. The molecule has 1 unspecified atom stereocenters. The number of rotatable bonds is 6. The van der Waals surface area contributed by atoms with Crippen LogP contribution in [-0.4, -0.2) is 37.9 Å². The van der Waals surface area contributed by atoms with Gasteiger partial charge in [-0.05, 0) is 31.2 Å². The van der Waals surface area contributed by atoms with Gasteiger partial charge in [0.25, 0.3) is 0 Å². The summed E-state index contributed by atoms with van der Waals surface area (Å²) in [5.41, 5.74) is 0.253. The first-order valence-electron chi connectivity index (χ1n) is 6.97. The summed E-state index contributed by atoms with van der Waals surface area (Å²) in [6.07, 6.45) is 1.09. The summed E-state index contributed by atoms with van der Waals surface area (Å²) in [7, 11) is 1.36. The number of ketones is 1. The molecule has 1 saturated heterocycles. The van der Waals surface area contributed by atoms with E-state index in [1.807, 2.05) is 0 Å². The molecule has 1 aliphatic rings. The number of nitrogens with one attached hydrogen (secondary N) is 2. The Hall–Kier alpha value is -1.66. The third kappa shape index (κ3) is 4.96. The average Bonchev–Trinajstić information content (AvgIpc) is 2.97. The highest BCUT2D eigenvalue weighted by atomic mass is 35.5. The van der Waals surface area contributed by atoms with E-state index < -0.39 is 5.82 Å². The fourth-order valence-corrected chi connectivity index (χ4v) is 2.29. The maximum absolute atomic E-state index is 13.5. The van der Waals surface area contributed by atoms with E-state index in [2.05, 4.69) is 10.6 Å². The van der Waals surface area contributed by atoms with Crippen LogP contribution < -0.4 is 15.4 Å². The number of carbonyl (C=O) groups is 2. The van der Waals surface area contributed by atoms with Crippen molar-refractivity contribution in [2.45, 2.75) is 25.3 Å². The highest BCUT2D eigenvalue weighted by Gasteiger charge is 2.17. The van der Waals surface area contributed by atoms with Crippen LogP contribution in [-0.2, 0) is 4.79 Å². The zero-order chi connectivity index (χ0) is 15.2. The van der Waals surface area contributed by atoms with E-state index in [4.69, 9.17) is 4.74 Å². The molecule has 0 spiro atoms. The molecule has 0 radical (unpaired) electrons. The number of amides is 1. The van der Waals surface area contributed by atoms with Crippen molar-refractivity contribution in [2.24, 2.45) is 0 Å². The van der Waals surface area contributed by atoms with Crippen molar-refractivity contribution in [3.63, 3.8) is 0 Å². The quantitative estimate of drug-likeness (QED) is 0.779. The standard InChI is InChI=1S/C15H19FN2O3.ClH/c1-21-14-4-2-10(8-12(14)16)13(19)3-5-15(20)18-11-6-7-17-9-11;/h2,4,8,11,17H,3,5-7,9H2,1H3,(H,18,20);1H. The van der Waals surface area contributed by atoms with E-state index in [1.54, 1.807) is 0 Å². The first-order valence-corrected chi connectivity index (χ1v) is 6.97. The second-order valence-corrected chi connectivity index (χ2v) is 5.03. The van der Waals surface area contributed by atoms with E-state index in [1.165, 1.54) is 19.2 Å². The molecule has 0 aliphatic carbocycles. The Labute approximate surface area is 135 Å². The molecule has 1 amide bonds. The molecule has 0 saturated carbocycles. The fourth-order valence-electron chi connectivity index (χ4n) is 2.29. The topological polar surface area (TPSA) is 67.4 Å². The van der Waals surface area contributed by atoms with Crippen LogP contribution in [0.15, 0.2) is 18.2 Å². The highest BCUT2D eigenvalue weighted by Crippen LogP contribution is 2.18. The molecular formula is C15H20ClFN2O3. The minimum atomic E-state index is -0.579. The lowest BCUT2D eigenvalue weighted by Gasteiger charge is -2.11. The van der Waals surface area contributed by atoms with Crippen molar-refractivity contribution in [3.05, 3.63) is 29.6 Å². The van der Waals surface area contributed by atoms with Gasteiger partial charge < -0.3 is 15.4 Å². The largest absolute Gasteiger partial charge is 0.494 e. The van der Waals surface area contributed by atoms with Crippen LogP contribution in [0, 0.1) is 5.82 Å². The Bertz CT molecular complexity index is 534. The summed E-state index contributed by atoms with van der Waals surface area (Å²) >= 11 is 0. The number of ether oxygens (including phenoxy) is 1. The second-order valence-electron chi connectivity index (χ2n) is 5.03. The number of methoxy groups -OCH3 is 1. The minimum Gasteiger partial charge on any atom is -0.494 e. The Morgan fingerprint density at radius 3 is 2.77 bits per heavy atom. The SMILES string of the molecule is COc1ccc(C(=O)CCC(=O)NC2CCNC2)cc1F.Cl. The number of halogens is 2. The number of carbonyl (C=O) groups excluding carboxylic acids is 2. The van der Waals surface area contributed by atoms with Crippen molar-refractivity contribution in [2.75, 3.05) is 20.2 Å². The van der Waals surface area contributed by atoms with Gasteiger partial charge >= 0.3 is 0 Å². The zero-order valence-electron chi connectivity index (χ0n) is 12.4. The van der Waals surface area contributed by atoms with Gasteiger partial charge in [0.1, 0.15) is 0 Å². The van der Waals surface area contributed by atoms with Gasteiger partial charge in [-0.2, -0.15) is 0 Å². The average molecular weight is 331 g/mol. The van der Waals surface area contributed by atoms with Crippen molar-refractivity contribution in [1.29, 1.82) is 0 Å². The van der Waals surface area contributed by atoms with Crippen LogP contribution >= 0.6 is 12.4 Å². The predicted octanol–water partition coefficient (Wildman–Crippen LogP) is 1.70. The van der Waals surface area contributed by atoms with E-state index in [-0.39, 0.29) is 54.3 Å². The number of hydrogen-bond acceptors (Lipinski definition) is 4. The minimum absolute atomic E-state index is 0. The Morgan fingerprint density at radius 1 is 1.41 bits per heavy atom. The van der Waals surface area contributed by atoms with Crippen molar-refractivity contribution >= 4 is 24.1 Å². The van der Waals surface area contributed by atoms with Gasteiger partial charge in [0.2, 0.25) is 5.91 Å². The lowest BCUT2D eigenvalue weighted by Crippen LogP contribution is -2.36. The van der Waals surface area contributed by atoms with Crippen molar-refractivity contribution < 1.29 is 18.7 Å². The molecule has 1 aliphatic heterocycles. The zero-order valence-corrected chi connectivity index (χ0v) is 13.2. The Morgan fingerprint density at radius 2 is 2.18 bits per heavy atom. The first kappa shape index (κ1) is 18.4. The van der Waals surface area contributed by atoms with Crippen LogP contribution in [0.3, 0.4) is 0 Å². The van der Waals surface area contributed by atoms with E-state index in [0.717, 1.165) is 25.6 Å². The van der Waals surface area contributed by atoms with Gasteiger partial charge in [0.15, 0.2) is 17.3 Å². The summed E-state index contributed by atoms with van der Waals surface area (Å²) in [5.74, 6) is -0.884. The molecule has 0 bridgehead atoms. The molecule has 2 rings (SSSR count). The molecule has 22 heavy (non-hydrogen) atoms. The molecule has 5 nitrogen and oxygen atoms in total. The molecule has 122 valence electrons. The molecular weight excluding hydrogens is 311 g/mol. The van der Waals surface area contributed by atoms with Gasteiger partial charge in [-0.15, -0.1) is 12.4 Å². The molecule has 7 heteroatoms. The molecule has 1 aromatic rings. The monoisotopic (exact) mass is 330 g/mol. The summed E-state index contributed by atoms with van der Waals surface area (Å²) in [6.45, 7) is 1.67. The Kier molecular flexibility index (Phi) is 7.27. The van der Waals surface area contributed by atoms with E-state index >= 15 is 0 Å². The lowest BCUT2D eigenvalue weighted by atomic mass is 10.1. The number of hydrogen-bond donors (Lipinski definition) is 2. The van der Waals surface area contributed by atoms with E-state index in [0.29, 0.717) is 0 Å². The third-order valence-electron chi connectivity index (χ3n) is 3.48. The summed E-state index contributed by atoms with van der Waals surface area (Å²) in [5, 5.41) is 6.02. The van der Waals surface area contributed by atoms with Gasteiger partial charge in [-0.3, -0.25) is 9.59 Å². The van der Waals surface area contributed by atoms with Crippen LogP contribution in [0.25, 0.3) is 0 Å². The van der Waals surface area contributed by atoms with Gasteiger partial charge in [0, 0.05) is 31.0 Å². The maximum Gasteiger partial charge on any atom is 0.220 e. The summed E-state index contributed by atoms with van der Waals surface area (Å²) in [4.78, 5) is 23.7. The van der Waals surface area contributed by atoms with Gasteiger partial charge in [-0.1, -0.05) is 0 Å². The molecule has 1 aromatic carbocycles. The fraction of sp³-hybridized carbons (Fsp3) is 0.467. The van der Waals surface area contributed by atoms with Crippen molar-refractivity contribution in [1.82, 2.24) is 10.6 Å². The summed E-state index contributed by atoms with van der Waals surface area (Å²) < 4.78 is 18.3. The molecule has 2 N–H and O–H groups in total. The second kappa shape index (κ2) is 8.70. The Balaban J connectivity index is 0.00000242. The van der Waals surface area contributed by atoms with Crippen LogP contribution in [0.5, 0.6) is 5.75 Å². The molecule has 1 atom stereocenters. The molecule has 1 heterocycles. The highest BCUT2D eigenvalue weighted by molar-refractivity contribution is 5.98. The van der Waals surface area contributed by atoms with E-state index in [9.17, 15) is 14.0 Å². The molecule has 1 fully saturated rings. The number of Topliss-reactive ketones (excluding diaryl/α,β-unsaturated/α-hetero) is 1. The van der Waals surface area contributed by atoms with Gasteiger partial charge in [0.05, 0.1) is 7.11 Å². The summed E-state index contributed by atoms with van der Waals surface area (Å²) in [6, 6.07) is 4.20. The van der Waals surface area contributed by atoms with Crippen molar-refractivity contribution in [3.8, 4) is 5.75 Å². The normalized spacial score (nSPS) is 16.7. The number of benzene rings is 1.